The number of aryl methyl sites for hydroxylation is 1. The summed E-state index contributed by atoms with van der Waals surface area (Å²) in [5.41, 5.74) is 2.48. The fraction of sp³-hybridized carbons (Fsp3) is 0.208. The zero-order valence-electron chi connectivity index (χ0n) is 16.4. The summed E-state index contributed by atoms with van der Waals surface area (Å²) in [5, 5.41) is 0.660. The number of rotatable bonds is 5. The summed E-state index contributed by atoms with van der Waals surface area (Å²) in [6.45, 7) is 4.60. The van der Waals surface area contributed by atoms with Crippen LogP contribution in [0.1, 0.15) is 41.3 Å². The third kappa shape index (κ3) is 3.40. The molecule has 0 radical (unpaired) electrons. The number of allylic oxidation sites excluding steroid dienone is 1. The highest BCUT2D eigenvalue weighted by molar-refractivity contribution is 6.35. The molecule has 146 valence electrons. The van der Waals surface area contributed by atoms with Crippen molar-refractivity contribution in [2.24, 2.45) is 0 Å². The minimum atomic E-state index is -0.705. The summed E-state index contributed by atoms with van der Waals surface area (Å²) in [4.78, 5) is 40.0. The first-order chi connectivity index (χ1) is 14.0. The zero-order valence-corrected chi connectivity index (χ0v) is 16.4. The van der Waals surface area contributed by atoms with Crippen LogP contribution in [0.3, 0.4) is 0 Å². The number of ketones is 1. The van der Waals surface area contributed by atoms with Gasteiger partial charge in [0.25, 0.3) is 5.91 Å². The van der Waals surface area contributed by atoms with E-state index in [1.54, 1.807) is 29.2 Å². The Labute approximate surface area is 168 Å². The van der Waals surface area contributed by atoms with Gasteiger partial charge >= 0.3 is 5.63 Å². The average molecular weight is 387 g/mol. The molecule has 0 saturated heterocycles. The fourth-order valence-corrected chi connectivity index (χ4v) is 3.59. The molecule has 0 spiro atoms. The number of hydrogen-bond acceptors (Lipinski definition) is 4. The van der Waals surface area contributed by atoms with Crippen molar-refractivity contribution in [3.8, 4) is 0 Å². The molecule has 0 aliphatic carbocycles. The predicted molar refractivity (Wildman–Crippen MR) is 113 cm³/mol. The average Bonchev–Trinajstić information content (AvgIpc) is 2.96. The van der Waals surface area contributed by atoms with E-state index in [9.17, 15) is 14.4 Å². The molecular formula is C24H21NO4. The van der Waals surface area contributed by atoms with Gasteiger partial charge < -0.3 is 9.32 Å². The quantitative estimate of drug-likeness (QED) is 0.367. The highest BCUT2D eigenvalue weighted by atomic mass is 16.4. The molecule has 0 fully saturated rings. The van der Waals surface area contributed by atoms with Gasteiger partial charge in [0.1, 0.15) is 11.1 Å². The molecular weight excluding hydrogens is 366 g/mol. The summed E-state index contributed by atoms with van der Waals surface area (Å²) in [6.07, 6.45) is 3.10. The Morgan fingerprint density at radius 1 is 1.10 bits per heavy atom. The Bertz CT molecular complexity index is 1220. The highest BCUT2D eigenvalue weighted by Crippen LogP contribution is 2.37. The number of fused-ring (bicyclic) bond motifs is 2. The molecule has 1 amide bonds. The number of carbonyl (C=O) groups excluding carboxylic acids is 2. The Kier molecular flexibility index (Phi) is 4.89. The van der Waals surface area contributed by atoms with Gasteiger partial charge in [-0.05, 0) is 43.7 Å². The predicted octanol–water partition coefficient (Wildman–Crippen LogP) is 4.51. The van der Waals surface area contributed by atoms with Crippen LogP contribution in [0.25, 0.3) is 16.5 Å². The van der Waals surface area contributed by atoms with Crippen LogP contribution in [0.15, 0.2) is 63.8 Å². The lowest BCUT2D eigenvalue weighted by molar-refractivity contribution is -0.113. The molecule has 1 aliphatic rings. The maximum absolute atomic E-state index is 13.0. The summed E-state index contributed by atoms with van der Waals surface area (Å²) in [5.74, 6) is -0.741. The van der Waals surface area contributed by atoms with Gasteiger partial charge in [-0.15, -0.1) is 0 Å². The molecule has 0 N–H and O–H groups in total. The third-order valence-electron chi connectivity index (χ3n) is 5.13. The highest BCUT2D eigenvalue weighted by Gasteiger charge is 2.32. The zero-order chi connectivity index (χ0) is 20.5. The lowest BCUT2D eigenvalue weighted by Crippen LogP contribution is -2.27. The molecule has 5 nitrogen and oxygen atoms in total. The SMILES string of the molecule is CCCCN1C(=O)/C(=C\C(=O)c2cc3ccccc3oc2=O)c2cc(C)ccc21. The molecule has 2 aromatic carbocycles. The van der Waals surface area contributed by atoms with Gasteiger partial charge in [0, 0.05) is 17.5 Å². The van der Waals surface area contributed by atoms with E-state index in [4.69, 9.17) is 4.42 Å². The molecule has 0 unspecified atom stereocenters. The number of anilines is 1. The monoisotopic (exact) mass is 387 g/mol. The molecule has 29 heavy (non-hydrogen) atoms. The van der Waals surface area contributed by atoms with E-state index in [2.05, 4.69) is 6.92 Å². The second-order valence-electron chi connectivity index (χ2n) is 7.24. The molecule has 1 aliphatic heterocycles. The van der Waals surface area contributed by atoms with Crippen molar-refractivity contribution in [2.45, 2.75) is 26.7 Å². The van der Waals surface area contributed by atoms with E-state index in [-0.39, 0.29) is 11.5 Å². The third-order valence-corrected chi connectivity index (χ3v) is 5.13. The number of para-hydroxylation sites is 1. The van der Waals surface area contributed by atoms with Gasteiger partial charge in [0.05, 0.1) is 11.3 Å². The van der Waals surface area contributed by atoms with Crippen LogP contribution in [0.5, 0.6) is 0 Å². The lowest BCUT2D eigenvalue weighted by atomic mass is 10.0. The molecule has 4 rings (SSSR count). The van der Waals surface area contributed by atoms with Crippen LogP contribution < -0.4 is 10.5 Å². The van der Waals surface area contributed by atoms with Crippen molar-refractivity contribution in [2.75, 3.05) is 11.4 Å². The second-order valence-corrected chi connectivity index (χ2v) is 7.24. The van der Waals surface area contributed by atoms with Crippen LogP contribution >= 0.6 is 0 Å². The summed E-state index contributed by atoms with van der Waals surface area (Å²) in [6, 6.07) is 14.3. The van der Waals surface area contributed by atoms with Crippen molar-refractivity contribution in [1.29, 1.82) is 0 Å². The maximum Gasteiger partial charge on any atom is 0.347 e. The minimum absolute atomic E-state index is 0.0785. The van der Waals surface area contributed by atoms with Crippen LogP contribution in [-0.2, 0) is 4.79 Å². The fourth-order valence-electron chi connectivity index (χ4n) is 3.59. The Hall–Kier alpha value is -3.47. The van der Waals surface area contributed by atoms with Gasteiger partial charge in [-0.3, -0.25) is 9.59 Å². The molecule has 5 heteroatoms. The molecule has 3 aromatic rings. The van der Waals surface area contributed by atoms with Crippen molar-refractivity contribution < 1.29 is 14.0 Å². The van der Waals surface area contributed by atoms with E-state index in [1.165, 1.54) is 12.1 Å². The van der Waals surface area contributed by atoms with Gasteiger partial charge in [-0.2, -0.15) is 0 Å². The van der Waals surface area contributed by atoms with Crippen molar-refractivity contribution in [1.82, 2.24) is 0 Å². The number of hydrogen-bond donors (Lipinski definition) is 0. The van der Waals surface area contributed by atoms with E-state index < -0.39 is 11.4 Å². The van der Waals surface area contributed by atoms with E-state index in [0.717, 1.165) is 29.7 Å². The van der Waals surface area contributed by atoms with Crippen LogP contribution in [0.2, 0.25) is 0 Å². The van der Waals surface area contributed by atoms with Gasteiger partial charge in [0.15, 0.2) is 5.78 Å². The van der Waals surface area contributed by atoms with E-state index in [1.807, 2.05) is 25.1 Å². The van der Waals surface area contributed by atoms with Crippen LogP contribution in [-0.4, -0.2) is 18.2 Å². The van der Waals surface area contributed by atoms with Crippen LogP contribution in [0, 0.1) is 6.92 Å². The first-order valence-electron chi connectivity index (χ1n) is 9.71. The van der Waals surface area contributed by atoms with Crippen molar-refractivity contribution in [3.05, 3.63) is 81.7 Å². The molecule has 1 aromatic heterocycles. The Morgan fingerprint density at radius 2 is 1.90 bits per heavy atom. The topological polar surface area (TPSA) is 67.6 Å². The number of nitrogens with zero attached hydrogens (tertiary/aromatic N) is 1. The Balaban J connectivity index is 1.79. The first kappa shape index (κ1) is 18.9. The standard InChI is InChI=1S/C24H21NO4/c1-3-4-11-25-20-10-9-15(2)12-17(20)18(23(25)27)14-21(26)19-13-16-7-5-6-8-22(16)29-24(19)28/h5-10,12-14H,3-4,11H2,1-2H3/b18-14-. The first-order valence-corrected chi connectivity index (χ1v) is 9.71. The normalized spacial score (nSPS) is 14.6. The molecule has 0 bridgehead atoms. The minimum Gasteiger partial charge on any atom is -0.422 e. The van der Waals surface area contributed by atoms with Gasteiger partial charge in [-0.25, -0.2) is 4.79 Å². The summed E-state index contributed by atoms with van der Waals surface area (Å²) < 4.78 is 5.27. The number of unbranched alkanes of at least 4 members (excludes halogenated alkanes) is 1. The maximum atomic E-state index is 13.0. The van der Waals surface area contributed by atoms with E-state index in [0.29, 0.717) is 23.1 Å². The molecule has 0 atom stereocenters. The number of carbonyl (C=O) groups is 2. The van der Waals surface area contributed by atoms with Crippen molar-refractivity contribution in [3.63, 3.8) is 0 Å². The number of amides is 1. The largest absolute Gasteiger partial charge is 0.422 e. The second kappa shape index (κ2) is 7.51. The van der Waals surface area contributed by atoms with Crippen LogP contribution in [0.4, 0.5) is 5.69 Å². The van der Waals surface area contributed by atoms with Crippen molar-refractivity contribution >= 4 is 33.9 Å². The number of benzene rings is 2. The molecule has 0 saturated carbocycles. The van der Waals surface area contributed by atoms with E-state index >= 15 is 0 Å². The summed E-state index contributed by atoms with van der Waals surface area (Å²) in [7, 11) is 0. The van der Waals surface area contributed by atoms with Gasteiger partial charge in [-0.1, -0.05) is 43.2 Å². The molecule has 2 heterocycles. The smallest absolute Gasteiger partial charge is 0.347 e. The summed E-state index contributed by atoms with van der Waals surface area (Å²) >= 11 is 0. The van der Waals surface area contributed by atoms with Gasteiger partial charge in [0.2, 0.25) is 0 Å². The Morgan fingerprint density at radius 3 is 2.69 bits per heavy atom. The lowest BCUT2D eigenvalue weighted by Gasteiger charge is -2.16.